The van der Waals surface area contributed by atoms with Crippen LogP contribution in [-0.2, 0) is 9.53 Å². The minimum absolute atomic E-state index is 0.224. The van der Waals surface area contributed by atoms with E-state index in [1.165, 1.54) is 0 Å². The lowest BCUT2D eigenvalue weighted by Gasteiger charge is -2.23. The average molecular weight is 229 g/mol. The number of nitrogens with zero attached hydrogens (tertiary/aromatic N) is 2. The summed E-state index contributed by atoms with van der Waals surface area (Å²) in [5.74, 6) is 0.364. The van der Waals surface area contributed by atoms with Crippen molar-refractivity contribution in [1.82, 2.24) is 14.7 Å². The lowest BCUT2D eigenvalue weighted by Crippen LogP contribution is -2.38. The van der Waals surface area contributed by atoms with Crippen LogP contribution < -0.4 is 5.32 Å². The van der Waals surface area contributed by atoms with Crippen molar-refractivity contribution in [3.8, 4) is 0 Å². The van der Waals surface area contributed by atoms with Crippen molar-refractivity contribution in [1.29, 1.82) is 0 Å². The maximum atomic E-state index is 11.8. The molecule has 0 radical (unpaired) electrons. The number of ether oxygens (including phenoxy) is 1. The minimum atomic E-state index is -0.676. The molecule has 1 unspecified atom stereocenters. The number of aromatic nitrogens is 2. The monoisotopic (exact) mass is 229 g/mol. The van der Waals surface area contributed by atoms with Crippen LogP contribution in [0, 0.1) is 0 Å². The van der Waals surface area contributed by atoms with Crippen molar-refractivity contribution in [3.05, 3.63) is 48.7 Å². The van der Waals surface area contributed by atoms with E-state index < -0.39 is 6.10 Å². The third-order valence-electron chi connectivity index (χ3n) is 2.66. The summed E-state index contributed by atoms with van der Waals surface area (Å²) in [6.07, 6.45) is 2.90. The van der Waals surface area contributed by atoms with Crippen molar-refractivity contribution < 1.29 is 9.53 Å². The van der Waals surface area contributed by atoms with Crippen LogP contribution in [0.15, 0.2) is 42.9 Å². The Morgan fingerprint density at radius 3 is 3.24 bits per heavy atom. The number of carbonyl (C=O) groups is 1. The Labute approximate surface area is 97.7 Å². The van der Waals surface area contributed by atoms with Crippen molar-refractivity contribution in [2.75, 3.05) is 6.61 Å². The Hall–Kier alpha value is -2.14. The Bertz CT molecular complexity index is 603. The number of imidazole rings is 1. The van der Waals surface area contributed by atoms with Crippen molar-refractivity contribution >= 4 is 11.4 Å². The summed E-state index contributed by atoms with van der Waals surface area (Å²) in [6, 6.07) is 5.73. The number of rotatable bonds is 1. The molecule has 5 nitrogen and oxygen atoms in total. The van der Waals surface area contributed by atoms with Gasteiger partial charge >= 0.3 is 0 Å². The van der Waals surface area contributed by atoms with E-state index in [0.29, 0.717) is 18.1 Å². The number of hydrogen-bond donors (Lipinski definition) is 1. The van der Waals surface area contributed by atoms with E-state index in [0.717, 1.165) is 5.52 Å². The van der Waals surface area contributed by atoms with Crippen LogP contribution >= 0.6 is 0 Å². The molecule has 1 fully saturated rings. The maximum Gasteiger partial charge on any atom is 0.261 e. The summed E-state index contributed by atoms with van der Waals surface area (Å²) in [4.78, 5) is 16.0. The largest absolute Gasteiger partial charge is 0.354 e. The zero-order valence-corrected chi connectivity index (χ0v) is 9.09. The van der Waals surface area contributed by atoms with Crippen molar-refractivity contribution in [3.63, 3.8) is 0 Å². The van der Waals surface area contributed by atoms with Gasteiger partial charge in [0.05, 0.1) is 18.3 Å². The predicted molar refractivity (Wildman–Crippen MR) is 61.2 cm³/mol. The van der Waals surface area contributed by atoms with Gasteiger partial charge in [0.25, 0.3) is 5.91 Å². The topological polar surface area (TPSA) is 55.6 Å². The molecule has 17 heavy (non-hydrogen) atoms. The van der Waals surface area contributed by atoms with Crippen LogP contribution in [0.3, 0.4) is 0 Å². The molecule has 0 aliphatic carbocycles. The number of nitrogens with one attached hydrogen (secondary N) is 1. The zero-order chi connectivity index (χ0) is 11.8. The van der Waals surface area contributed by atoms with Crippen molar-refractivity contribution in [2.45, 2.75) is 6.10 Å². The highest BCUT2D eigenvalue weighted by Gasteiger charge is 2.29. The highest BCUT2D eigenvalue weighted by atomic mass is 16.5. The minimum Gasteiger partial charge on any atom is -0.354 e. The number of fused-ring (bicyclic) bond motifs is 1. The molecule has 86 valence electrons. The van der Waals surface area contributed by atoms with Gasteiger partial charge in [-0.1, -0.05) is 12.6 Å². The fraction of sp³-hybridized carbons (Fsp3) is 0.167. The van der Waals surface area contributed by atoms with Crippen LogP contribution in [0.1, 0.15) is 11.9 Å². The molecule has 5 heteroatoms. The summed E-state index contributed by atoms with van der Waals surface area (Å²) in [6.45, 7) is 3.98. The average Bonchev–Trinajstić information content (AvgIpc) is 2.73. The number of carbonyl (C=O) groups excluding carboxylic acids is 1. The van der Waals surface area contributed by atoms with Gasteiger partial charge in [0.1, 0.15) is 0 Å². The van der Waals surface area contributed by atoms with E-state index in [1.807, 2.05) is 28.8 Å². The molecule has 1 N–H and O–H groups in total. The highest BCUT2D eigenvalue weighted by Crippen LogP contribution is 2.21. The van der Waals surface area contributed by atoms with Gasteiger partial charge < -0.3 is 14.5 Å². The highest BCUT2D eigenvalue weighted by molar-refractivity contribution is 5.84. The van der Waals surface area contributed by atoms with Gasteiger partial charge in [-0.2, -0.15) is 0 Å². The quantitative estimate of drug-likeness (QED) is 0.794. The molecule has 3 rings (SSSR count). The first kappa shape index (κ1) is 10.0. The van der Waals surface area contributed by atoms with Crippen LogP contribution in [-0.4, -0.2) is 21.9 Å². The number of morpholine rings is 1. The second-order valence-electron chi connectivity index (χ2n) is 3.90. The fourth-order valence-corrected chi connectivity index (χ4v) is 1.89. The Balaban J connectivity index is 2.04. The van der Waals surface area contributed by atoms with Crippen LogP contribution in [0.4, 0.5) is 0 Å². The van der Waals surface area contributed by atoms with E-state index >= 15 is 0 Å². The van der Waals surface area contributed by atoms with Crippen LogP contribution in [0.25, 0.3) is 5.52 Å². The molecule has 1 atom stereocenters. The number of hydrogen-bond acceptors (Lipinski definition) is 3. The van der Waals surface area contributed by atoms with Gasteiger partial charge in [-0.05, 0) is 12.1 Å². The summed E-state index contributed by atoms with van der Waals surface area (Å²) in [7, 11) is 0. The molecule has 1 saturated heterocycles. The zero-order valence-electron chi connectivity index (χ0n) is 9.09. The molecule has 1 aliphatic rings. The summed E-state index contributed by atoms with van der Waals surface area (Å²) < 4.78 is 7.31. The van der Waals surface area contributed by atoms with Gasteiger partial charge in [-0.15, -0.1) is 0 Å². The van der Waals surface area contributed by atoms with Crippen molar-refractivity contribution in [2.24, 2.45) is 0 Å². The molecule has 0 bridgehead atoms. The standard InChI is InChI=1S/C12H11N3O2/c1-8-7-17-10(12(16)14-8)11-13-6-9-4-2-3-5-15(9)11/h2-6,10H,1,7H2,(H,14,16). The second-order valence-corrected chi connectivity index (χ2v) is 3.90. The van der Waals surface area contributed by atoms with Gasteiger partial charge in [0, 0.05) is 11.9 Å². The van der Waals surface area contributed by atoms with E-state index in [1.54, 1.807) is 6.20 Å². The third kappa shape index (κ3) is 1.60. The number of amides is 1. The van der Waals surface area contributed by atoms with Gasteiger partial charge in [-0.25, -0.2) is 4.98 Å². The molecule has 0 aromatic carbocycles. The van der Waals surface area contributed by atoms with Crippen LogP contribution in [0.5, 0.6) is 0 Å². The molecule has 2 aromatic heterocycles. The lowest BCUT2D eigenvalue weighted by molar-refractivity contribution is -0.136. The Kier molecular flexibility index (Phi) is 2.19. The Morgan fingerprint density at radius 1 is 1.53 bits per heavy atom. The normalized spacial score (nSPS) is 20.6. The molecular formula is C12H11N3O2. The molecule has 0 spiro atoms. The van der Waals surface area contributed by atoms with Gasteiger partial charge in [0.2, 0.25) is 0 Å². The molecule has 1 amide bonds. The molecule has 2 aromatic rings. The SMILES string of the molecule is C=C1COC(c2ncc3ccccn23)C(=O)N1. The molecule has 3 heterocycles. The van der Waals surface area contributed by atoms with Crippen LogP contribution in [0.2, 0.25) is 0 Å². The molecule has 0 saturated carbocycles. The third-order valence-corrected chi connectivity index (χ3v) is 2.66. The number of pyridine rings is 1. The van der Waals surface area contributed by atoms with E-state index in [4.69, 9.17) is 4.74 Å². The first-order chi connectivity index (χ1) is 8.25. The first-order valence-corrected chi connectivity index (χ1v) is 5.28. The Morgan fingerprint density at radius 2 is 2.41 bits per heavy atom. The first-order valence-electron chi connectivity index (χ1n) is 5.28. The molecular weight excluding hydrogens is 218 g/mol. The summed E-state index contributed by atoms with van der Waals surface area (Å²) in [5.41, 5.74) is 1.51. The van der Waals surface area contributed by atoms with E-state index in [2.05, 4.69) is 16.9 Å². The van der Waals surface area contributed by atoms with E-state index in [-0.39, 0.29) is 5.91 Å². The summed E-state index contributed by atoms with van der Waals surface area (Å²) in [5, 5.41) is 2.67. The fourth-order valence-electron chi connectivity index (χ4n) is 1.89. The van der Waals surface area contributed by atoms with E-state index in [9.17, 15) is 4.79 Å². The van der Waals surface area contributed by atoms with Gasteiger partial charge in [0.15, 0.2) is 11.9 Å². The summed E-state index contributed by atoms with van der Waals surface area (Å²) >= 11 is 0. The maximum absolute atomic E-state index is 11.8. The predicted octanol–water partition coefficient (Wildman–Crippen LogP) is 1.04. The second kappa shape index (κ2) is 3.71. The van der Waals surface area contributed by atoms with Gasteiger partial charge in [-0.3, -0.25) is 4.79 Å². The molecule has 1 aliphatic heterocycles. The smallest absolute Gasteiger partial charge is 0.261 e. The lowest BCUT2D eigenvalue weighted by atomic mass is 10.2.